The molecule has 3 nitrogen and oxygen atoms in total. The van der Waals surface area contributed by atoms with Gasteiger partial charge in [0.05, 0.1) is 11.0 Å². The minimum atomic E-state index is -0.121. The Hall–Kier alpha value is -1.35. The summed E-state index contributed by atoms with van der Waals surface area (Å²) in [5, 5.41) is 0. The van der Waals surface area contributed by atoms with Gasteiger partial charge in [0.2, 0.25) is 0 Å². The maximum absolute atomic E-state index is 6.54. The van der Waals surface area contributed by atoms with Crippen LogP contribution in [0.2, 0.25) is 0 Å². The number of rotatable bonds is 2. The SMILES string of the molecule is CC(C)c1nc2cc(C3(N)CCCC3)ccc2n1C. The molecule has 1 heterocycles. The van der Waals surface area contributed by atoms with E-state index >= 15 is 0 Å². The predicted octanol–water partition coefficient (Wildman–Crippen LogP) is 3.42. The average molecular weight is 257 g/mol. The van der Waals surface area contributed by atoms with Crippen LogP contribution in [0, 0.1) is 0 Å². The highest BCUT2D eigenvalue weighted by Gasteiger charge is 2.31. The third-order valence-corrected chi connectivity index (χ3v) is 4.50. The van der Waals surface area contributed by atoms with Crippen LogP contribution >= 0.6 is 0 Å². The number of benzene rings is 1. The van der Waals surface area contributed by atoms with E-state index in [9.17, 15) is 0 Å². The second kappa shape index (κ2) is 4.34. The molecule has 3 rings (SSSR count). The number of aromatic nitrogens is 2. The van der Waals surface area contributed by atoms with Gasteiger partial charge < -0.3 is 10.3 Å². The number of aryl methyl sites for hydroxylation is 1. The van der Waals surface area contributed by atoms with Gasteiger partial charge in [-0.05, 0) is 30.5 Å². The lowest BCUT2D eigenvalue weighted by Gasteiger charge is -2.24. The monoisotopic (exact) mass is 257 g/mol. The van der Waals surface area contributed by atoms with Crippen LogP contribution in [0.1, 0.15) is 56.8 Å². The second-order valence-corrected chi connectivity index (χ2v) is 6.25. The smallest absolute Gasteiger partial charge is 0.112 e. The first-order valence-corrected chi connectivity index (χ1v) is 7.27. The van der Waals surface area contributed by atoms with Crippen molar-refractivity contribution in [2.45, 2.75) is 51.0 Å². The molecule has 0 unspecified atom stereocenters. The molecule has 0 saturated heterocycles. The third kappa shape index (κ3) is 1.96. The van der Waals surface area contributed by atoms with E-state index in [2.05, 4.69) is 43.7 Å². The van der Waals surface area contributed by atoms with Gasteiger partial charge in [-0.15, -0.1) is 0 Å². The Morgan fingerprint density at radius 2 is 1.95 bits per heavy atom. The lowest BCUT2D eigenvalue weighted by Crippen LogP contribution is -2.32. The average Bonchev–Trinajstić information content (AvgIpc) is 2.95. The van der Waals surface area contributed by atoms with Crippen LogP contribution in [0.3, 0.4) is 0 Å². The number of nitrogens with zero attached hydrogens (tertiary/aromatic N) is 2. The van der Waals surface area contributed by atoms with Gasteiger partial charge in [-0.1, -0.05) is 32.8 Å². The fraction of sp³-hybridized carbons (Fsp3) is 0.562. The van der Waals surface area contributed by atoms with Crippen LogP contribution < -0.4 is 5.73 Å². The van der Waals surface area contributed by atoms with Crippen LogP contribution in [0.25, 0.3) is 11.0 Å². The maximum Gasteiger partial charge on any atom is 0.112 e. The molecular formula is C16H23N3. The molecule has 0 aliphatic heterocycles. The van der Waals surface area contributed by atoms with E-state index in [0.717, 1.165) is 24.2 Å². The predicted molar refractivity (Wildman–Crippen MR) is 79.1 cm³/mol. The normalized spacial score (nSPS) is 18.6. The van der Waals surface area contributed by atoms with Gasteiger partial charge in [-0.25, -0.2) is 4.98 Å². The van der Waals surface area contributed by atoms with E-state index in [-0.39, 0.29) is 5.54 Å². The molecule has 1 aromatic heterocycles. The van der Waals surface area contributed by atoms with E-state index < -0.39 is 0 Å². The standard InChI is InChI=1S/C16H23N3/c1-11(2)15-18-13-10-12(6-7-14(13)19(15)3)16(17)8-4-5-9-16/h6-7,10-11H,4-5,8-9,17H2,1-3H3. The number of imidazole rings is 1. The van der Waals surface area contributed by atoms with Crippen molar-refractivity contribution in [2.75, 3.05) is 0 Å². The molecule has 1 fully saturated rings. The summed E-state index contributed by atoms with van der Waals surface area (Å²) in [5.74, 6) is 1.59. The number of hydrogen-bond donors (Lipinski definition) is 1. The Labute approximate surface area is 114 Å². The summed E-state index contributed by atoms with van der Waals surface area (Å²) in [6, 6.07) is 6.57. The van der Waals surface area contributed by atoms with Crippen molar-refractivity contribution in [3.05, 3.63) is 29.6 Å². The van der Waals surface area contributed by atoms with Crippen LogP contribution in [0.5, 0.6) is 0 Å². The molecule has 3 heteroatoms. The molecule has 2 aromatic rings. The first kappa shape index (κ1) is 12.7. The Bertz CT molecular complexity index is 604. The molecule has 0 spiro atoms. The summed E-state index contributed by atoms with van der Waals surface area (Å²) in [7, 11) is 2.10. The zero-order valence-corrected chi connectivity index (χ0v) is 12.1. The topological polar surface area (TPSA) is 43.8 Å². The minimum Gasteiger partial charge on any atom is -0.331 e. The fourth-order valence-corrected chi connectivity index (χ4v) is 3.34. The van der Waals surface area contributed by atoms with Crippen molar-refractivity contribution in [1.29, 1.82) is 0 Å². The summed E-state index contributed by atoms with van der Waals surface area (Å²) < 4.78 is 2.20. The highest BCUT2D eigenvalue weighted by atomic mass is 15.1. The maximum atomic E-state index is 6.54. The van der Waals surface area contributed by atoms with Gasteiger partial charge in [0.15, 0.2) is 0 Å². The highest BCUT2D eigenvalue weighted by molar-refractivity contribution is 5.77. The number of fused-ring (bicyclic) bond motifs is 1. The van der Waals surface area contributed by atoms with Gasteiger partial charge >= 0.3 is 0 Å². The molecule has 1 aliphatic carbocycles. The molecule has 0 radical (unpaired) electrons. The third-order valence-electron chi connectivity index (χ3n) is 4.50. The first-order valence-electron chi connectivity index (χ1n) is 7.27. The van der Waals surface area contributed by atoms with Crippen LogP contribution in [0.4, 0.5) is 0 Å². The Kier molecular flexibility index (Phi) is 2.90. The minimum absolute atomic E-state index is 0.121. The van der Waals surface area contributed by atoms with Crippen molar-refractivity contribution < 1.29 is 0 Å². The molecule has 102 valence electrons. The first-order chi connectivity index (χ1) is 9.01. The number of nitrogens with two attached hydrogens (primary N) is 1. The van der Waals surface area contributed by atoms with Crippen molar-refractivity contribution in [1.82, 2.24) is 9.55 Å². The fourth-order valence-electron chi connectivity index (χ4n) is 3.34. The zero-order chi connectivity index (χ0) is 13.6. The Balaban J connectivity index is 2.11. The van der Waals surface area contributed by atoms with Gasteiger partial charge in [0, 0.05) is 18.5 Å². The van der Waals surface area contributed by atoms with E-state index in [1.807, 2.05) is 0 Å². The largest absolute Gasteiger partial charge is 0.331 e. The van der Waals surface area contributed by atoms with Crippen molar-refractivity contribution in [3.8, 4) is 0 Å². The zero-order valence-electron chi connectivity index (χ0n) is 12.1. The van der Waals surface area contributed by atoms with E-state index in [0.29, 0.717) is 5.92 Å². The highest BCUT2D eigenvalue weighted by Crippen LogP contribution is 2.37. The molecule has 19 heavy (non-hydrogen) atoms. The molecular weight excluding hydrogens is 234 g/mol. The summed E-state index contributed by atoms with van der Waals surface area (Å²) in [5.41, 5.74) is 9.96. The van der Waals surface area contributed by atoms with E-state index in [4.69, 9.17) is 10.7 Å². The summed E-state index contributed by atoms with van der Waals surface area (Å²) >= 11 is 0. The molecule has 2 N–H and O–H groups in total. The van der Waals surface area contributed by atoms with E-state index in [1.165, 1.54) is 23.9 Å². The molecule has 1 aliphatic rings. The van der Waals surface area contributed by atoms with Crippen LogP contribution in [-0.2, 0) is 12.6 Å². The number of hydrogen-bond acceptors (Lipinski definition) is 2. The molecule has 1 aromatic carbocycles. The van der Waals surface area contributed by atoms with Gasteiger partial charge in [-0.3, -0.25) is 0 Å². The second-order valence-electron chi connectivity index (χ2n) is 6.25. The van der Waals surface area contributed by atoms with Gasteiger partial charge in [-0.2, -0.15) is 0 Å². The van der Waals surface area contributed by atoms with Gasteiger partial charge in [0.25, 0.3) is 0 Å². The lowest BCUT2D eigenvalue weighted by molar-refractivity contribution is 0.462. The molecule has 1 saturated carbocycles. The molecule has 0 atom stereocenters. The Morgan fingerprint density at radius 1 is 1.26 bits per heavy atom. The summed E-state index contributed by atoms with van der Waals surface area (Å²) in [6.07, 6.45) is 4.69. The van der Waals surface area contributed by atoms with Crippen molar-refractivity contribution in [3.63, 3.8) is 0 Å². The van der Waals surface area contributed by atoms with Crippen LogP contribution in [-0.4, -0.2) is 9.55 Å². The quantitative estimate of drug-likeness (QED) is 0.895. The van der Waals surface area contributed by atoms with Crippen molar-refractivity contribution in [2.24, 2.45) is 12.8 Å². The van der Waals surface area contributed by atoms with Crippen LogP contribution in [0.15, 0.2) is 18.2 Å². The molecule has 0 bridgehead atoms. The van der Waals surface area contributed by atoms with Crippen molar-refractivity contribution >= 4 is 11.0 Å². The summed E-state index contributed by atoms with van der Waals surface area (Å²) in [6.45, 7) is 4.37. The lowest BCUT2D eigenvalue weighted by atomic mass is 9.89. The van der Waals surface area contributed by atoms with Gasteiger partial charge in [0.1, 0.15) is 5.82 Å². The Morgan fingerprint density at radius 3 is 2.58 bits per heavy atom. The van der Waals surface area contributed by atoms with E-state index in [1.54, 1.807) is 0 Å². The summed E-state index contributed by atoms with van der Waals surface area (Å²) in [4.78, 5) is 4.78. The molecule has 0 amide bonds.